The van der Waals surface area contributed by atoms with Crippen LogP contribution < -0.4 is 5.32 Å². The summed E-state index contributed by atoms with van der Waals surface area (Å²) in [5, 5.41) is 3.58. The SMILES string of the molecule is CCCC1CCN(CC2(C(C)C)CCNC2)C1. The van der Waals surface area contributed by atoms with Gasteiger partial charge in [0.25, 0.3) is 0 Å². The maximum Gasteiger partial charge on any atom is 0.00532 e. The van der Waals surface area contributed by atoms with Crippen LogP contribution in [0.1, 0.15) is 46.5 Å². The number of nitrogens with zero attached hydrogens (tertiary/aromatic N) is 1. The topological polar surface area (TPSA) is 15.3 Å². The molecule has 2 saturated heterocycles. The molecule has 0 amide bonds. The highest BCUT2D eigenvalue weighted by atomic mass is 15.2. The van der Waals surface area contributed by atoms with E-state index in [0.29, 0.717) is 5.41 Å². The monoisotopic (exact) mass is 238 g/mol. The summed E-state index contributed by atoms with van der Waals surface area (Å²) in [7, 11) is 0. The van der Waals surface area contributed by atoms with Crippen LogP contribution in [0.3, 0.4) is 0 Å². The predicted molar refractivity (Wildman–Crippen MR) is 74.2 cm³/mol. The van der Waals surface area contributed by atoms with Crippen LogP contribution in [0.5, 0.6) is 0 Å². The Bertz CT molecular complexity index is 231. The van der Waals surface area contributed by atoms with Crippen LogP contribution in [0, 0.1) is 17.3 Å². The lowest BCUT2D eigenvalue weighted by Crippen LogP contribution is -2.41. The number of likely N-dealkylation sites (tertiary alicyclic amines) is 1. The minimum Gasteiger partial charge on any atom is -0.316 e. The smallest absolute Gasteiger partial charge is 0.00532 e. The molecular weight excluding hydrogens is 208 g/mol. The highest BCUT2D eigenvalue weighted by Crippen LogP contribution is 2.36. The molecule has 2 atom stereocenters. The van der Waals surface area contributed by atoms with Crippen molar-refractivity contribution in [3.63, 3.8) is 0 Å². The Balaban J connectivity index is 1.87. The lowest BCUT2D eigenvalue weighted by molar-refractivity contribution is 0.132. The van der Waals surface area contributed by atoms with E-state index in [0.717, 1.165) is 11.8 Å². The standard InChI is InChI=1S/C15H30N2/c1-4-5-14-6-9-17(10-14)12-15(13(2)3)7-8-16-11-15/h13-14,16H,4-12H2,1-3H3. The molecule has 100 valence electrons. The first-order valence-corrected chi connectivity index (χ1v) is 7.59. The molecule has 2 unspecified atom stereocenters. The molecule has 2 aliphatic heterocycles. The second-order valence-corrected chi connectivity index (χ2v) is 6.62. The highest BCUT2D eigenvalue weighted by Gasteiger charge is 2.39. The Kier molecular flexibility index (Phi) is 4.48. The summed E-state index contributed by atoms with van der Waals surface area (Å²) < 4.78 is 0. The molecule has 17 heavy (non-hydrogen) atoms. The molecular formula is C15H30N2. The number of hydrogen-bond donors (Lipinski definition) is 1. The van der Waals surface area contributed by atoms with Crippen molar-refractivity contribution in [1.29, 1.82) is 0 Å². The lowest BCUT2D eigenvalue weighted by atomic mass is 9.76. The minimum atomic E-state index is 0.557. The van der Waals surface area contributed by atoms with E-state index in [1.54, 1.807) is 0 Å². The van der Waals surface area contributed by atoms with Gasteiger partial charge >= 0.3 is 0 Å². The molecule has 0 spiro atoms. The van der Waals surface area contributed by atoms with E-state index >= 15 is 0 Å². The minimum absolute atomic E-state index is 0.557. The molecule has 1 N–H and O–H groups in total. The molecule has 2 rings (SSSR count). The number of rotatable bonds is 5. The zero-order chi connectivity index (χ0) is 12.3. The first-order valence-electron chi connectivity index (χ1n) is 7.59. The quantitative estimate of drug-likeness (QED) is 0.792. The summed E-state index contributed by atoms with van der Waals surface area (Å²) in [6, 6.07) is 0. The Morgan fingerprint density at radius 2 is 2.24 bits per heavy atom. The van der Waals surface area contributed by atoms with E-state index in [1.165, 1.54) is 58.4 Å². The Morgan fingerprint density at radius 3 is 2.82 bits per heavy atom. The van der Waals surface area contributed by atoms with Gasteiger partial charge in [-0.05, 0) is 49.6 Å². The van der Waals surface area contributed by atoms with Crippen molar-refractivity contribution >= 4 is 0 Å². The molecule has 2 heterocycles. The summed E-state index contributed by atoms with van der Waals surface area (Å²) in [4.78, 5) is 2.74. The number of hydrogen-bond acceptors (Lipinski definition) is 2. The van der Waals surface area contributed by atoms with Gasteiger partial charge in [-0.25, -0.2) is 0 Å². The van der Waals surface area contributed by atoms with Crippen molar-refractivity contribution in [2.75, 3.05) is 32.7 Å². The van der Waals surface area contributed by atoms with Crippen molar-refractivity contribution < 1.29 is 0 Å². The Morgan fingerprint density at radius 1 is 1.41 bits per heavy atom. The van der Waals surface area contributed by atoms with Gasteiger partial charge in [0.15, 0.2) is 0 Å². The van der Waals surface area contributed by atoms with Gasteiger partial charge in [-0.2, -0.15) is 0 Å². The lowest BCUT2D eigenvalue weighted by Gasteiger charge is -2.36. The zero-order valence-electron chi connectivity index (χ0n) is 12.0. The largest absolute Gasteiger partial charge is 0.316 e. The van der Waals surface area contributed by atoms with Gasteiger partial charge in [0.1, 0.15) is 0 Å². The summed E-state index contributed by atoms with van der Waals surface area (Å²) in [6.45, 7) is 13.6. The van der Waals surface area contributed by atoms with E-state index < -0.39 is 0 Å². The van der Waals surface area contributed by atoms with E-state index in [2.05, 4.69) is 31.0 Å². The molecule has 2 heteroatoms. The fraction of sp³-hybridized carbons (Fsp3) is 1.00. The van der Waals surface area contributed by atoms with Gasteiger partial charge in [-0.15, -0.1) is 0 Å². The van der Waals surface area contributed by atoms with Gasteiger partial charge in [0.2, 0.25) is 0 Å². The van der Waals surface area contributed by atoms with E-state index in [4.69, 9.17) is 0 Å². The maximum absolute atomic E-state index is 3.58. The molecule has 2 nitrogen and oxygen atoms in total. The van der Waals surface area contributed by atoms with Crippen LogP contribution in [0.15, 0.2) is 0 Å². The first-order chi connectivity index (χ1) is 8.16. The summed E-state index contributed by atoms with van der Waals surface area (Å²) in [6.07, 6.45) is 5.61. The van der Waals surface area contributed by atoms with Gasteiger partial charge in [-0.1, -0.05) is 27.2 Å². The van der Waals surface area contributed by atoms with Crippen LogP contribution in [0.25, 0.3) is 0 Å². The van der Waals surface area contributed by atoms with Crippen molar-refractivity contribution in [2.24, 2.45) is 17.3 Å². The Hall–Kier alpha value is -0.0800. The third-order valence-corrected chi connectivity index (χ3v) is 5.11. The summed E-state index contributed by atoms with van der Waals surface area (Å²) >= 11 is 0. The number of nitrogens with one attached hydrogen (secondary N) is 1. The van der Waals surface area contributed by atoms with Crippen LogP contribution in [0.4, 0.5) is 0 Å². The molecule has 0 aromatic rings. The highest BCUT2D eigenvalue weighted by molar-refractivity contribution is 4.94. The van der Waals surface area contributed by atoms with E-state index in [1.807, 2.05) is 0 Å². The molecule has 0 bridgehead atoms. The van der Waals surface area contributed by atoms with Crippen molar-refractivity contribution in [2.45, 2.75) is 46.5 Å². The van der Waals surface area contributed by atoms with Crippen LogP contribution in [-0.2, 0) is 0 Å². The van der Waals surface area contributed by atoms with Gasteiger partial charge in [0.05, 0.1) is 0 Å². The first kappa shape index (κ1) is 13.4. The van der Waals surface area contributed by atoms with E-state index in [-0.39, 0.29) is 0 Å². The second kappa shape index (κ2) is 5.71. The molecule has 0 aromatic heterocycles. The van der Waals surface area contributed by atoms with Gasteiger partial charge in [-0.3, -0.25) is 0 Å². The van der Waals surface area contributed by atoms with Crippen LogP contribution >= 0.6 is 0 Å². The summed E-state index contributed by atoms with van der Waals surface area (Å²) in [5.74, 6) is 1.79. The average Bonchev–Trinajstić information content (AvgIpc) is 2.90. The zero-order valence-corrected chi connectivity index (χ0v) is 12.0. The molecule has 0 radical (unpaired) electrons. The van der Waals surface area contributed by atoms with Gasteiger partial charge in [0, 0.05) is 19.6 Å². The molecule has 0 saturated carbocycles. The fourth-order valence-corrected chi connectivity index (χ4v) is 3.72. The van der Waals surface area contributed by atoms with Crippen LogP contribution in [0.2, 0.25) is 0 Å². The normalized spacial score (nSPS) is 34.9. The fourth-order valence-electron chi connectivity index (χ4n) is 3.72. The Labute approximate surface area is 107 Å². The molecule has 0 aromatic carbocycles. The molecule has 2 fully saturated rings. The van der Waals surface area contributed by atoms with Crippen LogP contribution in [-0.4, -0.2) is 37.6 Å². The van der Waals surface area contributed by atoms with Crippen molar-refractivity contribution in [3.8, 4) is 0 Å². The second-order valence-electron chi connectivity index (χ2n) is 6.62. The predicted octanol–water partition coefficient (Wildman–Crippen LogP) is 2.74. The third kappa shape index (κ3) is 3.03. The molecule has 0 aliphatic carbocycles. The maximum atomic E-state index is 3.58. The van der Waals surface area contributed by atoms with Crippen molar-refractivity contribution in [3.05, 3.63) is 0 Å². The molecule has 2 aliphatic rings. The third-order valence-electron chi connectivity index (χ3n) is 5.11. The van der Waals surface area contributed by atoms with Gasteiger partial charge < -0.3 is 10.2 Å². The van der Waals surface area contributed by atoms with Crippen molar-refractivity contribution in [1.82, 2.24) is 10.2 Å². The average molecular weight is 238 g/mol. The van der Waals surface area contributed by atoms with E-state index in [9.17, 15) is 0 Å². The summed E-state index contributed by atoms with van der Waals surface area (Å²) in [5.41, 5.74) is 0.557.